The minimum Gasteiger partial charge on any atom is -0.482 e. The highest BCUT2D eigenvalue weighted by Crippen LogP contribution is 2.25. The van der Waals surface area contributed by atoms with Crippen LogP contribution in [0.2, 0.25) is 0 Å². The molecule has 0 bridgehead atoms. The number of carboxylic acid groups (broad SMARTS) is 1. The van der Waals surface area contributed by atoms with Crippen molar-refractivity contribution in [1.29, 1.82) is 0 Å². The van der Waals surface area contributed by atoms with E-state index in [-0.39, 0.29) is 11.9 Å². The molecule has 2 atom stereocenters. The lowest BCUT2D eigenvalue weighted by Gasteiger charge is -2.17. The Morgan fingerprint density at radius 3 is 2.85 bits per heavy atom. The Hall–Kier alpha value is -2.04. The number of nitrogens with one attached hydrogen (secondary N) is 1. The number of hydrogen-bond donors (Lipinski definition) is 2. The van der Waals surface area contributed by atoms with Gasteiger partial charge in [0.05, 0.1) is 0 Å². The lowest BCUT2D eigenvalue weighted by atomic mass is 10.1. The monoisotopic (exact) mass is 277 g/mol. The summed E-state index contributed by atoms with van der Waals surface area (Å²) in [6, 6.07) is 6.81. The molecule has 5 nitrogen and oxygen atoms in total. The highest BCUT2D eigenvalue weighted by atomic mass is 16.5. The van der Waals surface area contributed by atoms with Crippen molar-refractivity contribution in [3.8, 4) is 5.75 Å². The second-order valence-corrected chi connectivity index (χ2v) is 5.20. The second-order valence-electron chi connectivity index (χ2n) is 5.20. The molecular weight excluding hydrogens is 258 g/mol. The van der Waals surface area contributed by atoms with Crippen LogP contribution < -0.4 is 10.1 Å². The molecule has 108 valence electrons. The number of ether oxygens (including phenoxy) is 1. The van der Waals surface area contributed by atoms with Gasteiger partial charge in [0.25, 0.3) is 5.91 Å². The van der Waals surface area contributed by atoms with E-state index in [1.807, 2.05) is 0 Å². The van der Waals surface area contributed by atoms with Crippen LogP contribution >= 0.6 is 0 Å². The number of rotatable bonds is 5. The van der Waals surface area contributed by atoms with Gasteiger partial charge in [-0.15, -0.1) is 0 Å². The predicted molar refractivity (Wildman–Crippen MR) is 73.8 cm³/mol. The molecule has 0 aromatic heterocycles. The van der Waals surface area contributed by atoms with Gasteiger partial charge in [-0.1, -0.05) is 19.4 Å². The van der Waals surface area contributed by atoms with Crippen LogP contribution in [-0.2, 0) is 4.79 Å². The van der Waals surface area contributed by atoms with E-state index in [0.717, 1.165) is 19.3 Å². The summed E-state index contributed by atoms with van der Waals surface area (Å²) in [7, 11) is 0. The van der Waals surface area contributed by atoms with Gasteiger partial charge >= 0.3 is 5.97 Å². The smallest absolute Gasteiger partial charge is 0.341 e. The SMILES string of the molecule is CC1CCCC1NC(=O)c1cccc(OCC(=O)O)c1. The molecule has 1 amide bonds. The fourth-order valence-corrected chi connectivity index (χ4v) is 2.48. The first-order chi connectivity index (χ1) is 9.56. The molecule has 2 unspecified atom stereocenters. The highest BCUT2D eigenvalue weighted by Gasteiger charge is 2.25. The zero-order valence-electron chi connectivity index (χ0n) is 11.5. The number of amides is 1. The lowest BCUT2D eigenvalue weighted by molar-refractivity contribution is -0.139. The molecule has 1 fully saturated rings. The molecule has 2 N–H and O–H groups in total. The fraction of sp³-hybridized carbons (Fsp3) is 0.467. The third-order valence-corrected chi connectivity index (χ3v) is 3.64. The van der Waals surface area contributed by atoms with Gasteiger partial charge < -0.3 is 15.2 Å². The van der Waals surface area contributed by atoms with Gasteiger partial charge in [0.2, 0.25) is 0 Å². The molecule has 1 aliphatic carbocycles. The summed E-state index contributed by atoms with van der Waals surface area (Å²) >= 11 is 0. The summed E-state index contributed by atoms with van der Waals surface area (Å²) in [5.41, 5.74) is 0.493. The summed E-state index contributed by atoms with van der Waals surface area (Å²) in [5.74, 6) is -0.283. The van der Waals surface area contributed by atoms with E-state index in [2.05, 4.69) is 12.2 Å². The van der Waals surface area contributed by atoms with Crippen LogP contribution in [0.4, 0.5) is 0 Å². The van der Waals surface area contributed by atoms with E-state index in [4.69, 9.17) is 9.84 Å². The largest absolute Gasteiger partial charge is 0.482 e. The summed E-state index contributed by atoms with van der Waals surface area (Å²) in [5, 5.41) is 11.6. The Bertz CT molecular complexity index is 500. The van der Waals surface area contributed by atoms with Crippen molar-refractivity contribution in [1.82, 2.24) is 5.32 Å². The van der Waals surface area contributed by atoms with Gasteiger partial charge in [0.15, 0.2) is 6.61 Å². The van der Waals surface area contributed by atoms with E-state index < -0.39 is 12.6 Å². The van der Waals surface area contributed by atoms with E-state index >= 15 is 0 Å². The fourth-order valence-electron chi connectivity index (χ4n) is 2.48. The topological polar surface area (TPSA) is 75.6 Å². The summed E-state index contributed by atoms with van der Waals surface area (Å²) in [6.45, 7) is 1.73. The molecule has 0 radical (unpaired) electrons. The van der Waals surface area contributed by atoms with E-state index in [1.165, 1.54) is 0 Å². The molecule has 2 rings (SSSR count). The normalized spacial score (nSPS) is 21.4. The molecule has 1 saturated carbocycles. The maximum Gasteiger partial charge on any atom is 0.341 e. The van der Waals surface area contributed by atoms with Crippen molar-refractivity contribution in [3.63, 3.8) is 0 Å². The second kappa shape index (κ2) is 6.41. The standard InChI is InChI=1S/C15H19NO4/c1-10-4-2-7-13(10)16-15(19)11-5-3-6-12(8-11)20-9-14(17)18/h3,5-6,8,10,13H,2,4,7,9H2,1H3,(H,16,19)(H,17,18). The number of aliphatic carboxylic acids is 1. The minimum absolute atomic E-state index is 0.135. The van der Waals surface area contributed by atoms with Crippen molar-refractivity contribution in [2.24, 2.45) is 5.92 Å². The van der Waals surface area contributed by atoms with Crippen LogP contribution in [0.3, 0.4) is 0 Å². The van der Waals surface area contributed by atoms with Gasteiger partial charge in [0.1, 0.15) is 5.75 Å². The van der Waals surface area contributed by atoms with Crippen molar-refractivity contribution < 1.29 is 19.4 Å². The molecule has 0 aliphatic heterocycles. The summed E-state index contributed by atoms with van der Waals surface area (Å²) < 4.78 is 5.07. The van der Waals surface area contributed by atoms with Crippen molar-refractivity contribution >= 4 is 11.9 Å². The van der Waals surface area contributed by atoms with Gasteiger partial charge in [-0.05, 0) is 37.0 Å². The first kappa shape index (κ1) is 14.4. The number of carbonyl (C=O) groups excluding carboxylic acids is 1. The Morgan fingerprint density at radius 2 is 2.20 bits per heavy atom. The Morgan fingerprint density at radius 1 is 1.40 bits per heavy atom. The van der Waals surface area contributed by atoms with E-state index in [0.29, 0.717) is 17.2 Å². The van der Waals surface area contributed by atoms with Crippen LogP contribution in [0.15, 0.2) is 24.3 Å². The van der Waals surface area contributed by atoms with Crippen LogP contribution in [0, 0.1) is 5.92 Å². The van der Waals surface area contributed by atoms with Crippen LogP contribution in [0.5, 0.6) is 5.75 Å². The zero-order chi connectivity index (χ0) is 14.5. The van der Waals surface area contributed by atoms with Crippen LogP contribution in [0.25, 0.3) is 0 Å². The predicted octanol–water partition coefficient (Wildman–Crippen LogP) is 2.07. The average molecular weight is 277 g/mol. The molecule has 0 saturated heterocycles. The lowest BCUT2D eigenvalue weighted by Crippen LogP contribution is -2.36. The molecule has 0 heterocycles. The van der Waals surface area contributed by atoms with Gasteiger partial charge in [-0.3, -0.25) is 4.79 Å². The molecular formula is C15H19NO4. The number of carboxylic acids is 1. The quantitative estimate of drug-likeness (QED) is 0.864. The number of hydrogen-bond acceptors (Lipinski definition) is 3. The van der Waals surface area contributed by atoms with Crippen LogP contribution in [0.1, 0.15) is 36.5 Å². The summed E-state index contributed by atoms with van der Waals surface area (Å²) in [4.78, 5) is 22.6. The molecule has 1 aromatic rings. The zero-order valence-corrected chi connectivity index (χ0v) is 11.5. The van der Waals surface area contributed by atoms with E-state index in [9.17, 15) is 9.59 Å². The number of benzene rings is 1. The molecule has 5 heteroatoms. The van der Waals surface area contributed by atoms with Crippen molar-refractivity contribution in [2.45, 2.75) is 32.2 Å². The Kier molecular flexibility index (Phi) is 4.61. The molecule has 1 aromatic carbocycles. The van der Waals surface area contributed by atoms with Crippen LogP contribution in [-0.4, -0.2) is 29.6 Å². The van der Waals surface area contributed by atoms with E-state index in [1.54, 1.807) is 24.3 Å². The first-order valence-corrected chi connectivity index (χ1v) is 6.82. The van der Waals surface area contributed by atoms with Crippen molar-refractivity contribution in [2.75, 3.05) is 6.61 Å². The molecule has 0 spiro atoms. The van der Waals surface area contributed by atoms with Crippen molar-refractivity contribution in [3.05, 3.63) is 29.8 Å². The van der Waals surface area contributed by atoms with Gasteiger partial charge in [0, 0.05) is 11.6 Å². The highest BCUT2D eigenvalue weighted by molar-refractivity contribution is 5.94. The number of carbonyl (C=O) groups is 2. The maximum atomic E-state index is 12.2. The van der Waals surface area contributed by atoms with Gasteiger partial charge in [-0.25, -0.2) is 4.79 Å². The molecule has 1 aliphatic rings. The minimum atomic E-state index is -1.04. The first-order valence-electron chi connectivity index (χ1n) is 6.82. The maximum absolute atomic E-state index is 12.2. The summed E-state index contributed by atoms with van der Waals surface area (Å²) in [6.07, 6.45) is 3.31. The Balaban J connectivity index is 1.98. The molecule has 20 heavy (non-hydrogen) atoms. The Labute approximate surface area is 117 Å². The van der Waals surface area contributed by atoms with Gasteiger partial charge in [-0.2, -0.15) is 0 Å². The third kappa shape index (κ3) is 3.73. The third-order valence-electron chi connectivity index (χ3n) is 3.64. The average Bonchev–Trinajstić information content (AvgIpc) is 2.82.